The molecule has 0 aliphatic rings. The Kier molecular flexibility index (Phi) is 6.62. The molecular weight excluding hydrogens is 328 g/mol. The third-order valence-electron chi connectivity index (χ3n) is 3.22. The topological polar surface area (TPSA) is 106 Å². The fourth-order valence-electron chi connectivity index (χ4n) is 1.91. The van der Waals surface area contributed by atoms with Crippen molar-refractivity contribution in [3.05, 3.63) is 29.8 Å². The summed E-state index contributed by atoms with van der Waals surface area (Å²) < 4.78 is 0. The molecule has 0 radical (unpaired) electrons. The lowest BCUT2D eigenvalue weighted by Gasteiger charge is -2.17. The lowest BCUT2D eigenvalue weighted by Crippen LogP contribution is -2.31. The molecule has 8 nitrogen and oxygen atoms in total. The lowest BCUT2D eigenvalue weighted by atomic mass is 10.2. The van der Waals surface area contributed by atoms with Gasteiger partial charge in [0.1, 0.15) is 5.75 Å². The van der Waals surface area contributed by atoms with E-state index in [9.17, 15) is 9.90 Å². The Labute approximate surface area is 144 Å². The minimum Gasteiger partial charge on any atom is -0.507 e. The molecule has 0 saturated heterocycles. The van der Waals surface area contributed by atoms with Crippen molar-refractivity contribution in [2.45, 2.75) is 19.0 Å². The average molecular weight is 348 g/mol. The van der Waals surface area contributed by atoms with Gasteiger partial charge in [-0.1, -0.05) is 23.9 Å². The van der Waals surface area contributed by atoms with Crippen molar-refractivity contribution >= 4 is 29.8 Å². The molecule has 24 heavy (non-hydrogen) atoms. The first-order chi connectivity index (χ1) is 11.6. The number of hydrazone groups is 1. The SMILES string of the molecule is CCN(CC)C(=O)CSc1n[nH]c(N/N=C\c2ccccc2O)n1. The van der Waals surface area contributed by atoms with Crippen molar-refractivity contribution in [3.63, 3.8) is 0 Å². The van der Waals surface area contributed by atoms with E-state index < -0.39 is 0 Å². The Morgan fingerprint density at radius 2 is 2.17 bits per heavy atom. The second kappa shape index (κ2) is 8.92. The van der Waals surface area contributed by atoms with E-state index in [2.05, 4.69) is 25.7 Å². The van der Waals surface area contributed by atoms with E-state index in [0.29, 0.717) is 35.5 Å². The zero-order valence-electron chi connectivity index (χ0n) is 13.6. The van der Waals surface area contributed by atoms with Crippen LogP contribution in [0.25, 0.3) is 0 Å². The number of hydrogen-bond donors (Lipinski definition) is 3. The summed E-state index contributed by atoms with van der Waals surface area (Å²) >= 11 is 1.26. The van der Waals surface area contributed by atoms with E-state index in [4.69, 9.17) is 0 Å². The summed E-state index contributed by atoms with van der Waals surface area (Å²) in [5.74, 6) is 0.855. The molecule has 2 aromatic rings. The zero-order valence-corrected chi connectivity index (χ0v) is 14.4. The summed E-state index contributed by atoms with van der Waals surface area (Å²) in [5, 5.41) is 20.8. The molecule has 0 unspecified atom stereocenters. The molecule has 0 aliphatic carbocycles. The second-order valence-corrected chi connectivity index (χ2v) is 5.69. The lowest BCUT2D eigenvalue weighted by molar-refractivity contribution is -0.127. The van der Waals surface area contributed by atoms with Crippen LogP contribution in [-0.4, -0.2) is 56.2 Å². The Balaban J connectivity index is 1.85. The number of hydrogen-bond acceptors (Lipinski definition) is 7. The number of para-hydroxylation sites is 1. The number of phenolic OH excluding ortho intramolecular Hbond substituents is 1. The summed E-state index contributed by atoms with van der Waals surface area (Å²) in [6, 6.07) is 6.86. The third-order valence-corrected chi connectivity index (χ3v) is 4.05. The van der Waals surface area contributed by atoms with E-state index >= 15 is 0 Å². The van der Waals surface area contributed by atoms with Crippen LogP contribution in [0, 0.1) is 0 Å². The number of rotatable bonds is 8. The predicted octanol–water partition coefficient (Wildman–Crippen LogP) is 1.92. The maximum Gasteiger partial charge on any atom is 0.240 e. The van der Waals surface area contributed by atoms with E-state index in [0.717, 1.165) is 0 Å². The van der Waals surface area contributed by atoms with Crippen molar-refractivity contribution < 1.29 is 9.90 Å². The monoisotopic (exact) mass is 348 g/mol. The molecule has 0 fully saturated rings. The molecule has 1 amide bonds. The Hall–Kier alpha value is -2.55. The number of phenols is 1. The molecule has 0 saturated carbocycles. The van der Waals surface area contributed by atoms with Gasteiger partial charge in [0.2, 0.25) is 17.0 Å². The maximum absolute atomic E-state index is 11.9. The number of aromatic amines is 1. The molecule has 0 atom stereocenters. The van der Waals surface area contributed by atoms with Gasteiger partial charge in [-0.25, -0.2) is 10.5 Å². The van der Waals surface area contributed by atoms with Gasteiger partial charge in [0.25, 0.3) is 0 Å². The number of carbonyl (C=O) groups excluding carboxylic acids is 1. The molecule has 0 spiro atoms. The molecule has 1 aromatic carbocycles. The summed E-state index contributed by atoms with van der Waals surface area (Å²) in [5.41, 5.74) is 3.28. The highest BCUT2D eigenvalue weighted by molar-refractivity contribution is 7.99. The Morgan fingerprint density at radius 3 is 2.88 bits per heavy atom. The smallest absolute Gasteiger partial charge is 0.240 e. The number of aromatic hydroxyl groups is 1. The standard InChI is InChI=1S/C15H20N6O2S/c1-3-21(4-2)13(23)10-24-15-17-14(19-20-15)18-16-9-11-7-5-6-8-12(11)22/h5-9,22H,3-4,10H2,1-2H3,(H2,17,18,19,20)/b16-9-. The van der Waals surface area contributed by atoms with Gasteiger partial charge in [0, 0.05) is 18.7 Å². The largest absolute Gasteiger partial charge is 0.507 e. The van der Waals surface area contributed by atoms with Crippen LogP contribution in [0.4, 0.5) is 5.95 Å². The van der Waals surface area contributed by atoms with E-state index in [1.807, 2.05) is 13.8 Å². The number of anilines is 1. The maximum atomic E-state index is 11.9. The van der Waals surface area contributed by atoms with Crippen LogP contribution < -0.4 is 5.43 Å². The van der Waals surface area contributed by atoms with Crippen molar-refractivity contribution in [1.29, 1.82) is 0 Å². The first-order valence-electron chi connectivity index (χ1n) is 7.54. The number of thioether (sulfide) groups is 1. The van der Waals surface area contributed by atoms with Gasteiger partial charge in [0.15, 0.2) is 0 Å². The molecule has 9 heteroatoms. The predicted molar refractivity (Wildman–Crippen MR) is 94.4 cm³/mol. The fourth-order valence-corrected chi connectivity index (χ4v) is 2.62. The number of nitrogens with one attached hydrogen (secondary N) is 2. The van der Waals surface area contributed by atoms with Gasteiger partial charge in [0.05, 0.1) is 12.0 Å². The molecule has 3 N–H and O–H groups in total. The van der Waals surface area contributed by atoms with Crippen LogP contribution in [0.3, 0.4) is 0 Å². The van der Waals surface area contributed by atoms with Gasteiger partial charge in [-0.2, -0.15) is 10.1 Å². The molecule has 128 valence electrons. The van der Waals surface area contributed by atoms with Gasteiger partial charge >= 0.3 is 0 Å². The number of carbonyl (C=O) groups is 1. The highest BCUT2D eigenvalue weighted by atomic mass is 32.2. The van der Waals surface area contributed by atoms with Crippen LogP contribution in [0.5, 0.6) is 5.75 Å². The number of H-pyrrole nitrogens is 1. The number of aromatic nitrogens is 3. The van der Waals surface area contributed by atoms with Gasteiger partial charge in [-0.15, -0.1) is 5.10 Å². The van der Waals surface area contributed by atoms with E-state index in [1.165, 1.54) is 18.0 Å². The van der Waals surface area contributed by atoms with Crippen molar-refractivity contribution in [1.82, 2.24) is 20.1 Å². The Morgan fingerprint density at radius 1 is 1.42 bits per heavy atom. The quantitative estimate of drug-likeness (QED) is 0.382. The summed E-state index contributed by atoms with van der Waals surface area (Å²) in [6.07, 6.45) is 1.48. The number of benzene rings is 1. The highest BCUT2D eigenvalue weighted by Crippen LogP contribution is 2.15. The normalized spacial score (nSPS) is 10.9. The van der Waals surface area contributed by atoms with Crippen LogP contribution in [0.1, 0.15) is 19.4 Å². The van der Waals surface area contributed by atoms with Crippen molar-refractivity contribution in [2.75, 3.05) is 24.3 Å². The van der Waals surface area contributed by atoms with Crippen LogP contribution >= 0.6 is 11.8 Å². The average Bonchev–Trinajstić information content (AvgIpc) is 3.04. The second-order valence-electron chi connectivity index (χ2n) is 4.75. The fraction of sp³-hybridized carbons (Fsp3) is 0.333. The zero-order chi connectivity index (χ0) is 17.4. The third kappa shape index (κ3) is 4.98. The minimum atomic E-state index is 0.0573. The summed E-state index contributed by atoms with van der Waals surface area (Å²) in [4.78, 5) is 17.9. The molecule has 0 aliphatic heterocycles. The van der Waals surface area contributed by atoms with Crippen LogP contribution in [-0.2, 0) is 4.79 Å². The molecule has 2 rings (SSSR count). The molecule has 1 aromatic heterocycles. The van der Waals surface area contributed by atoms with Crippen LogP contribution in [0.15, 0.2) is 34.5 Å². The minimum absolute atomic E-state index is 0.0573. The molecule has 1 heterocycles. The van der Waals surface area contributed by atoms with Crippen LogP contribution in [0.2, 0.25) is 0 Å². The van der Waals surface area contributed by atoms with Gasteiger partial charge in [-0.05, 0) is 26.0 Å². The number of amides is 1. The first-order valence-corrected chi connectivity index (χ1v) is 8.52. The van der Waals surface area contributed by atoms with Crippen molar-refractivity contribution in [3.8, 4) is 5.75 Å². The molecular formula is C15H20N6O2S. The van der Waals surface area contributed by atoms with Gasteiger partial charge in [-0.3, -0.25) is 4.79 Å². The Bertz CT molecular complexity index is 699. The first kappa shape index (κ1) is 17.8. The van der Waals surface area contributed by atoms with Crippen molar-refractivity contribution in [2.24, 2.45) is 5.10 Å². The number of nitrogens with zero attached hydrogens (tertiary/aromatic N) is 4. The summed E-state index contributed by atoms with van der Waals surface area (Å²) in [7, 11) is 0. The summed E-state index contributed by atoms with van der Waals surface area (Å²) in [6.45, 7) is 5.28. The van der Waals surface area contributed by atoms with Gasteiger partial charge < -0.3 is 10.0 Å². The molecule has 0 bridgehead atoms. The highest BCUT2D eigenvalue weighted by Gasteiger charge is 2.12. The van der Waals surface area contributed by atoms with E-state index in [-0.39, 0.29) is 11.7 Å². The van der Waals surface area contributed by atoms with E-state index in [1.54, 1.807) is 29.2 Å².